The minimum absolute atomic E-state index is 0.00935. The van der Waals surface area contributed by atoms with Crippen molar-refractivity contribution in [1.29, 1.82) is 5.26 Å². The maximum absolute atomic E-state index is 10.9. The lowest BCUT2D eigenvalue weighted by molar-refractivity contribution is -0.384. The van der Waals surface area contributed by atoms with Gasteiger partial charge in [0.15, 0.2) is 0 Å². The number of nitrogens with one attached hydrogen (secondary N) is 1. The summed E-state index contributed by atoms with van der Waals surface area (Å²) in [5.41, 5.74) is 7.59. The lowest BCUT2D eigenvalue weighted by atomic mass is 9.80. The monoisotopic (exact) mass is 366 g/mol. The average Bonchev–Trinajstić information content (AvgIpc) is 2.89. The Bertz CT molecular complexity index is 955. The zero-order chi connectivity index (χ0) is 18.7. The highest BCUT2D eigenvalue weighted by molar-refractivity contribution is 7.17. The largest absolute Gasteiger partial charge is 0.397 e. The first-order valence-electron chi connectivity index (χ1n) is 8.09. The Morgan fingerprint density at radius 2 is 2.27 bits per heavy atom. The van der Waals surface area contributed by atoms with Crippen LogP contribution in [0.25, 0.3) is 0 Å². The number of nitriles is 1. The summed E-state index contributed by atoms with van der Waals surface area (Å²) in [4.78, 5) is 11.4. The normalized spacial score (nSPS) is 18.5. The van der Waals surface area contributed by atoms with Gasteiger partial charge in [0.25, 0.3) is 5.69 Å². The average molecular weight is 366 g/mol. The summed E-state index contributed by atoms with van der Waals surface area (Å²) in [7, 11) is 0. The molecule has 0 bridgehead atoms. The Balaban J connectivity index is 1.90. The first kappa shape index (κ1) is 17.7. The molecule has 6 nitrogen and oxygen atoms in total. The van der Waals surface area contributed by atoms with E-state index in [-0.39, 0.29) is 11.1 Å². The Kier molecular flexibility index (Phi) is 4.78. The topological polar surface area (TPSA) is 105 Å². The van der Waals surface area contributed by atoms with Gasteiger partial charge in [0.2, 0.25) is 0 Å². The molecule has 7 heteroatoms. The number of nitrogens with zero attached hydrogens (tertiary/aromatic N) is 2. The van der Waals surface area contributed by atoms with Crippen LogP contribution < -0.4 is 11.1 Å². The van der Waals surface area contributed by atoms with Gasteiger partial charge in [0.05, 0.1) is 10.6 Å². The third kappa shape index (κ3) is 3.60. The fourth-order valence-electron chi connectivity index (χ4n) is 2.92. The molecule has 26 heavy (non-hydrogen) atoms. The van der Waals surface area contributed by atoms with E-state index >= 15 is 0 Å². The summed E-state index contributed by atoms with van der Waals surface area (Å²) in [6.07, 6.45) is 9.98. The van der Waals surface area contributed by atoms with Gasteiger partial charge in [-0.25, -0.2) is 0 Å². The number of allylic oxidation sites excluding steroid dienone is 4. The molecule has 1 unspecified atom stereocenters. The molecule has 1 atom stereocenters. The molecule has 132 valence electrons. The Hall–Kier alpha value is -3.11. The molecule has 2 aromatic rings. The van der Waals surface area contributed by atoms with Gasteiger partial charge in [-0.3, -0.25) is 10.1 Å². The predicted octanol–water partition coefficient (Wildman–Crippen LogP) is 4.92. The number of hydrogen-bond acceptors (Lipinski definition) is 6. The summed E-state index contributed by atoms with van der Waals surface area (Å²) >= 11 is 1.43. The van der Waals surface area contributed by atoms with Crippen LogP contribution in [0.2, 0.25) is 0 Å². The molecule has 1 aromatic carbocycles. The number of nitro benzene ring substituents is 1. The Morgan fingerprint density at radius 3 is 2.92 bits per heavy atom. The lowest BCUT2D eigenvalue weighted by Gasteiger charge is -2.26. The molecule has 0 radical (unpaired) electrons. The number of nitro groups is 1. The molecule has 3 N–H and O–H groups in total. The fourth-order valence-corrected chi connectivity index (χ4v) is 4.21. The number of nitrogens with two attached hydrogens (primary N) is 1. The third-order valence-electron chi connectivity index (χ3n) is 4.34. The van der Waals surface area contributed by atoms with Crippen LogP contribution in [0.1, 0.15) is 23.8 Å². The number of thiophene rings is 1. The van der Waals surface area contributed by atoms with Crippen LogP contribution in [0.3, 0.4) is 0 Å². The smallest absolute Gasteiger partial charge is 0.271 e. The van der Waals surface area contributed by atoms with E-state index in [1.165, 1.54) is 23.5 Å². The van der Waals surface area contributed by atoms with Crippen molar-refractivity contribution >= 4 is 33.4 Å². The molecular formula is C19H18N4O2S. The second-order valence-electron chi connectivity index (χ2n) is 6.51. The van der Waals surface area contributed by atoms with Crippen LogP contribution in [0, 0.1) is 26.9 Å². The molecule has 0 saturated heterocycles. The van der Waals surface area contributed by atoms with E-state index in [1.807, 2.05) is 12.2 Å². The van der Waals surface area contributed by atoms with E-state index in [9.17, 15) is 15.4 Å². The van der Waals surface area contributed by atoms with Crippen molar-refractivity contribution in [3.63, 3.8) is 0 Å². The molecule has 1 aliphatic rings. The van der Waals surface area contributed by atoms with Gasteiger partial charge in [-0.05, 0) is 24.3 Å². The third-order valence-corrected chi connectivity index (χ3v) is 5.46. The van der Waals surface area contributed by atoms with E-state index in [1.54, 1.807) is 12.1 Å². The molecule has 3 rings (SSSR count). The fraction of sp³-hybridized carbons (Fsp3) is 0.211. The summed E-state index contributed by atoms with van der Waals surface area (Å²) < 4.78 is 0. The molecule has 1 aromatic heterocycles. The van der Waals surface area contributed by atoms with Crippen LogP contribution in [-0.4, -0.2) is 4.92 Å². The molecule has 0 aliphatic heterocycles. The van der Waals surface area contributed by atoms with Crippen molar-refractivity contribution in [3.8, 4) is 6.07 Å². The van der Waals surface area contributed by atoms with Gasteiger partial charge < -0.3 is 11.1 Å². The van der Waals surface area contributed by atoms with Gasteiger partial charge in [-0.15, -0.1) is 11.3 Å². The number of anilines is 3. The maximum atomic E-state index is 10.9. The van der Waals surface area contributed by atoms with E-state index in [0.29, 0.717) is 21.9 Å². The Morgan fingerprint density at radius 1 is 1.46 bits per heavy atom. The zero-order valence-corrected chi connectivity index (χ0v) is 15.0. The van der Waals surface area contributed by atoms with E-state index in [4.69, 9.17) is 5.73 Å². The molecule has 0 spiro atoms. The number of benzene rings is 1. The second kappa shape index (κ2) is 7.02. The SMILES string of the molecule is CC1(Cc2sc(Nc3cccc([N+](=O)[O-])c3)c(C#N)c2N)C=CC=CC1. The van der Waals surface area contributed by atoms with E-state index in [0.717, 1.165) is 17.7 Å². The number of non-ortho nitro benzene ring substituents is 1. The van der Waals surface area contributed by atoms with E-state index < -0.39 is 4.92 Å². The molecule has 0 fully saturated rings. The van der Waals surface area contributed by atoms with Gasteiger partial charge in [0.1, 0.15) is 16.6 Å². The highest BCUT2D eigenvalue weighted by Crippen LogP contribution is 2.42. The minimum Gasteiger partial charge on any atom is -0.397 e. The summed E-state index contributed by atoms with van der Waals surface area (Å²) in [6, 6.07) is 8.33. The summed E-state index contributed by atoms with van der Waals surface area (Å²) in [5, 5.41) is 24.2. The molecule has 0 amide bonds. The summed E-state index contributed by atoms with van der Waals surface area (Å²) in [6.45, 7) is 2.16. The van der Waals surface area contributed by atoms with Crippen LogP contribution in [0.5, 0.6) is 0 Å². The van der Waals surface area contributed by atoms with Crippen molar-refractivity contribution in [1.82, 2.24) is 0 Å². The van der Waals surface area contributed by atoms with Crippen molar-refractivity contribution < 1.29 is 4.92 Å². The number of nitrogen functional groups attached to an aromatic ring is 1. The first-order chi connectivity index (χ1) is 12.4. The van der Waals surface area contributed by atoms with Gasteiger partial charge in [-0.1, -0.05) is 37.3 Å². The van der Waals surface area contributed by atoms with Crippen LogP contribution in [0.4, 0.5) is 22.1 Å². The van der Waals surface area contributed by atoms with Gasteiger partial charge in [0, 0.05) is 22.7 Å². The summed E-state index contributed by atoms with van der Waals surface area (Å²) in [5.74, 6) is 0. The quantitative estimate of drug-likeness (QED) is 0.577. The number of rotatable bonds is 5. The number of hydrogen-bond donors (Lipinski definition) is 2. The highest BCUT2D eigenvalue weighted by Gasteiger charge is 2.26. The van der Waals surface area contributed by atoms with Crippen molar-refractivity contribution in [2.24, 2.45) is 5.41 Å². The molecule has 1 aliphatic carbocycles. The van der Waals surface area contributed by atoms with Gasteiger partial charge >= 0.3 is 0 Å². The first-order valence-corrected chi connectivity index (χ1v) is 8.90. The lowest BCUT2D eigenvalue weighted by Crippen LogP contribution is -2.17. The van der Waals surface area contributed by atoms with Crippen LogP contribution in [-0.2, 0) is 6.42 Å². The molecule has 0 saturated carbocycles. The van der Waals surface area contributed by atoms with Crippen molar-refractivity contribution in [2.75, 3.05) is 11.1 Å². The van der Waals surface area contributed by atoms with Crippen LogP contribution >= 0.6 is 11.3 Å². The standard InChI is InChI=1S/C19H18N4O2S/c1-19(8-3-2-4-9-19)11-16-17(21)15(12-20)18(26-16)22-13-6-5-7-14(10-13)23(24)25/h2-8,10,22H,9,11,21H2,1H3. The predicted molar refractivity (Wildman–Crippen MR) is 105 cm³/mol. The minimum atomic E-state index is -0.450. The maximum Gasteiger partial charge on any atom is 0.271 e. The Labute approximate surface area is 155 Å². The van der Waals surface area contributed by atoms with Crippen LogP contribution in [0.15, 0.2) is 48.6 Å². The molecular weight excluding hydrogens is 348 g/mol. The zero-order valence-electron chi connectivity index (χ0n) is 14.2. The molecule has 1 heterocycles. The van der Waals surface area contributed by atoms with Crippen molar-refractivity contribution in [3.05, 3.63) is 69.1 Å². The van der Waals surface area contributed by atoms with Crippen molar-refractivity contribution in [2.45, 2.75) is 19.8 Å². The second-order valence-corrected chi connectivity index (χ2v) is 7.61. The van der Waals surface area contributed by atoms with Gasteiger partial charge in [-0.2, -0.15) is 5.26 Å². The highest BCUT2D eigenvalue weighted by atomic mass is 32.1. The van der Waals surface area contributed by atoms with E-state index in [2.05, 4.69) is 30.5 Å².